The SMILES string of the molecule is CS(=O)(=O)c1ccc(NC2CCCOC2)c(N)c1. The average Bonchev–Trinajstić information content (AvgIpc) is 2.32. The topological polar surface area (TPSA) is 81.4 Å². The number of sulfone groups is 1. The lowest BCUT2D eigenvalue weighted by atomic mass is 10.1. The molecule has 1 fully saturated rings. The van der Waals surface area contributed by atoms with Crippen LogP contribution < -0.4 is 11.1 Å². The average molecular weight is 270 g/mol. The van der Waals surface area contributed by atoms with Crippen LogP contribution in [0.25, 0.3) is 0 Å². The second-order valence-corrected chi connectivity index (χ2v) is 6.60. The van der Waals surface area contributed by atoms with Gasteiger partial charge in [0.2, 0.25) is 0 Å². The minimum absolute atomic E-state index is 0.241. The summed E-state index contributed by atoms with van der Waals surface area (Å²) in [6.45, 7) is 1.47. The van der Waals surface area contributed by atoms with Crippen LogP contribution in [0.15, 0.2) is 23.1 Å². The fourth-order valence-electron chi connectivity index (χ4n) is 1.98. The van der Waals surface area contributed by atoms with Gasteiger partial charge in [-0.2, -0.15) is 0 Å². The van der Waals surface area contributed by atoms with E-state index >= 15 is 0 Å². The molecule has 0 bridgehead atoms. The zero-order valence-electron chi connectivity index (χ0n) is 10.3. The normalized spacial score (nSPS) is 20.6. The van der Waals surface area contributed by atoms with E-state index in [9.17, 15) is 8.42 Å². The predicted octanol–water partition coefficient (Wildman–Crippen LogP) is 1.26. The first-order valence-electron chi connectivity index (χ1n) is 5.90. The van der Waals surface area contributed by atoms with Gasteiger partial charge in [0.15, 0.2) is 9.84 Å². The second kappa shape index (κ2) is 5.16. The molecule has 0 aliphatic carbocycles. The minimum atomic E-state index is -3.21. The fourth-order valence-corrected chi connectivity index (χ4v) is 2.63. The largest absolute Gasteiger partial charge is 0.397 e. The van der Waals surface area contributed by atoms with E-state index in [-0.39, 0.29) is 10.9 Å². The number of hydrogen-bond acceptors (Lipinski definition) is 5. The van der Waals surface area contributed by atoms with Crippen molar-refractivity contribution in [1.29, 1.82) is 0 Å². The van der Waals surface area contributed by atoms with Gasteiger partial charge in [0.1, 0.15) is 0 Å². The predicted molar refractivity (Wildman–Crippen MR) is 71.4 cm³/mol. The number of nitrogens with one attached hydrogen (secondary N) is 1. The molecule has 1 aliphatic rings. The summed E-state index contributed by atoms with van der Waals surface area (Å²) in [7, 11) is -3.21. The number of nitrogen functional groups attached to an aromatic ring is 1. The lowest BCUT2D eigenvalue weighted by molar-refractivity contribution is 0.0876. The van der Waals surface area contributed by atoms with Crippen molar-refractivity contribution in [3.05, 3.63) is 18.2 Å². The van der Waals surface area contributed by atoms with Gasteiger partial charge in [-0.3, -0.25) is 0 Å². The highest BCUT2D eigenvalue weighted by Crippen LogP contribution is 2.24. The van der Waals surface area contributed by atoms with Gasteiger partial charge in [-0.1, -0.05) is 0 Å². The Bertz CT molecular complexity index is 522. The summed E-state index contributed by atoms with van der Waals surface area (Å²) in [5.74, 6) is 0. The van der Waals surface area contributed by atoms with E-state index in [0.717, 1.165) is 25.1 Å². The van der Waals surface area contributed by atoms with Gasteiger partial charge >= 0.3 is 0 Å². The molecule has 3 N–H and O–H groups in total. The molecule has 18 heavy (non-hydrogen) atoms. The second-order valence-electron chi connectivity index (χ2n) is 4.58. The molecule has 1 aromatic rings. The van der Waals surface area contributed by atoms with Crippen molar-refractivity contribution in [1.82, 2.24) is 0 Å². The third-order valence-corrected chi connectivity index (χ3v) is 4.08. The van der Waals surface area contributed by atoms with Gasteiger partial charge in [-0.05, 0) is 31.0 Å². The molecule has 100 valence electrons. The highest BCUT2D eigenvalue weighted by Gasteiger charge is 2.15. The van der Waals surface area contributed by atoms with Gasteiger partial charge in [0.05, 0.1) is 22.9 Å². The summed E-state index contributed by atoms with van der Waals surface area (Å²) in [6.07, 6.45) is 3.23. The first kappa shape index (κ1) is 13.2. The Labute approximate surface area is 107 Å². The molecule has 0 amide bonds. The minimum Gasteiger partial charge on any atom is -0.397 e. The molecular formula is C12H18N2O3S. The first-order valence-corrected chi connectivity index (χ1v) is 7.80. The summed E-state index contributed by atoms with van der Waals surface area (Å²) < 4.78 is 28.2. The van der Waals surface area contributed by atoms with Crippen molar-refractivity contribution < 1.29 is 13.2 Å². The maximum absolute atomic E-state index is 11.4. The molecule has 1 aromatic carbocycles. The lowest BCUT2D eigenvalue weighted by Crippen LogP contribution is -2.30. The van der Waals surface area contributed by atoms with Crippen LogP contribution in [-0.2, 0) is 14.6 Å². The van der Waals surface area contributed by atoms with Crippen LogP contribution in [0.3, 0.4) is 0 Å². The van der Waals surface area contributed by atoms with Crippen molar-refractivity contribution in [3.63, 3.8) is 0 Å². The third kappa shape index (κ3) is 3.14. The van der Waals surface area contributed by atoms with Gasteiger partial charge in [0, 0.05) is 18.9 Å². The molecule has 2 rings (SSSR count). The Balaban J connectivity index is 2.14. The Morgan fingerprint density at radius 2 is 2.22 bits per heavy atom. The van der Waals surface area contributed by atoms with Crippen molar-refractivity contribution in [2.75, 3.05) is 30.5 Å². The molecule has 0 spiro atoms. The molecule has 1 atom stereocenters. The molecule has 0 radical (unpaired) electrons. The van der Waals surface area contributed by atoms with Crippen LogP contribution in [0, 0.1) is 0 Å². The number of benzene rings is 1. The van der Waals surface area contributed by atoms with E-state index in [1.54, 1.807) is 12.1 Å². The summed E-state index contributed by atoms with van der Waals surface area (Å²) in [5, 5.41) is 3.28. The standard InChI is InChI=1S/C12H18N2O3S/c1-18(15,16)10-4-5-12(11(13)7-10)14-9-3-2-6-17-8-9/h4-5,7,9,14H,2-3,6,8,13H2,1H3. The smallest absolute Gasteiger partial charge is 0.175 e. The Morgan fingerprint density at radius 3 is 2.78 bits per heavy atom. The lowest BCUT2D eigenvalue weighted by Gasteiger charge is -2.24. The van der Waals surface area contributed by atoms with Crippen LogP contribution >= 0.6 is 0 Å². The molecule has 5 nitrogen and oxygen atoms in total. The molecule has 1 saturated heterocycles. The van der Waals surface area contributed by atoms with Gasteiger partial charge in [-0.25, -0.2) is 8.42 Å². The monoisotopic (exact) mass is 270 g/mol. The Kier molecular flexibility index (Phi) is 3.77. The quantitative estimate of drug-likeness (QED) is 0.808. The molecule has 6 heteroatoms. The van der Waals surface area contributed by atoms with E-state index in [1.165, 1.54) is 12.3 Å². The maximum Gasteiger partial charge on any atom is 0.175 e. The molecule has 1 unspecified atom stereocenters. The van der Waals surface area contributed by atoms with Gasteiger partial charge < -0.3 is 15.8 Å². The van der Waals surface area contributed by atoms with E-state index in [1.807, 2.05) is 0 Å². The molecule has 0 saturated carbocycles. The van der Waals surface area contributed by atoms with E-state index < -0.39 is 9.84 Å². The van der Waals surface area contributed by atoms with Crippen molar-refractivity contribution in [2.45, 2.75) is 23.8 Å². The van der Waals surface area contributed by atoms with Crippen LogP contribution in [-0.4, -0.2) is 33.9 Å². The Morgan fingerprint density at radius 1 is 1.44 bits per heavy atom. The highest BCUT2D eigenvalue weighted by atomic mass is 32.2. The van der Waals surface area contributed by atoms with Crippen molar-refractivity contribution in [2.24, 2.45) is 0 Å². The van der Waals surface area contributed by atoms with Crippen molar-refractivity contribution >= 4 is 21.2 Å². The maximum atomic E-state index is 11.4. The molecular weight excluding hydrogens is 252 g/mol. The summed E-state index contributed by atoms with van der Waals surface area (Å²) >= 11 is 0. The van der Waals surface area contributed by atoms with Crippen LogP contribution in [0.2, 0.25) is 0 Å². The zero-order chi connectivity index (χ0) is 13.2. The third-order valence-electron chi connectivity index (χ3n) is 2.97. The number of hydrogen-bond donors (Lipinski definition) is 2. The molecule has 1 heterocycles. The van der Waals surface area contributed by atoms with E-state index in [0.29, 0.717) is 12.3 Å². The number of rotatable bonds is 3. The van der Waals surface area contributed by atoms with Crippen LogP contribution in [0.1, 0.15) is 12.8 Å². The highest BCUT2D eigenvalue weighted by molar-refractivity contribution is 7.90. The van der Waals surface area contributed by atoms with Crippen LogP contribution in [0.4, 0.5) is 11.4 Å². The van der Waals surface area contributed by atoms with Crippen molar-refractivity contribution in [3.8, 4) is 0 Å². The van der Waals surface area contributed by atoms with Crippen LogP contribution in [0.5, 0.6) is 0 Å². The van der Waals surface area contributed by atoms with E-state index in [4.69, 9.17) is 10.5 Å². The Hall–Kier alpha value is -1.27. The number of ether oxygens (including phenoxy) is 1. The van der Waals surface area contributed by atoms with Gasteiger partial charge in [0.25, 0.3) is 0 Å². The zero-order valence-corrected chi connectivity index (χ0v) is 11.2. The number of nitrogens with two attached hydrogens (primary N) is 1. The first-order chi connectivity index (χ1) is 8.47. The fraction of sp³-hybridized carbons (Fsp3) is 0.500. The summed E-state index contributed by atoms with van der Waals surface area (Å²) in [5.41, 5.74) is 7.08. The molecule has 0 aromatic heterocycles. The summed E-state index contributed by atoms with van der Waals surface area (Å²) in [6, 6.07) is 5.00. The molecule has 1 aliphatic heterocycles. The van der Waals surface area contributed by atoms with Gasteiger partial charge in [-0.15, -0.1) is 0 Å². The van der Waals surface area contributed by atoms with E-state index in [2.05, 4.69) is 5.32 Å². The summed E-state index contributed by atoms with van der Waals surface area (Å²) in [4.78, 5) is 0.241. The number of anilines is 2.